The third-order valence-electron chi connectivity index (χ3n) is 14.1. The van der Waals surface area contributed by atoms with Gasteiger partial charge in [-0.1, -0.05) is 73.8 Å². The van der Waals surface area contributed by atoms with Gasteiger partial charge < -0.3 is 10.2 Å². The lowest BCUT2D eigenvalue weighted by atomic mass is 9.35. The maximum absolute atomic E-state index is 14.4. The van der Waals surface area contributed by atoms with E-state index in [4.69, 9.17) is 0 Å². The highest BCUT2D eigenvalue weighted by Gasteiger charge is 2.69. The molecule has 5 aliphatic carbocycles. The number of carbonyl (C=O) groups is 1. The second kappa shape index (κ2) is 9.71. The van der Waals surface area contributed by atoms with Gasteiger partial charge in [0, 0.05) is 12.0 Å². The highest BCUT2D eigenvalue weighted by atomic mass is 16.3. The van der Waals surface area contributed by atoms with Gasteiger partial charge in [0.15, 0.2) is 5.78 Å². The Morgan fingerprint density at radius 1 is 0.974 bits per heavy atom. The van der Waals surface area contributed by atoms with Crippen molar-refractivity contribution in [2.24, 2.45) is 75.4 Å². The number of fused-ring (bicyclic) bond motifs is 3. The summed E-state index contributed by atoms with van der Waals surface area (Å²) >= 11 is 0. The minimum absolute atomic E-state index is 0.0534. The van der Waals surface area contributed by atoms with Crippen LogP contribution < -0.4 is 0 Å². The zero-order chi connectivity index (χ0) is 27.9. The second-order valence-electron chi connectivity index (χ2n) is 16.4. The third kappa shape index (κ3) is 3.98. The van der Waals surface area contributed by atoms with Crippen LogP contribution in [0.4, 0.5) is 0 Å². The Morgan fingerprint density at radius 2 is 1.63 bits per heavy atom. The molecule has 0 amide bonds. The summed E-state index contributed by atoms with van der Waals surface area (Å²) in [6, 6.07) is 0. The van der Waals surface area contributed by atoms with Gasteiger partial charge in [-0.3, -0.25) is 4.79 Å². The number of allylic oxidation sites excluding steroid dienone is 2. The zero-order valence-corrected chi connectivity index (χ0v) is 26.0. The Kier molecular flexibility index (Phi) is 7.37. The molecule has 3 heteroatoms. The normalized spacial score (nSPS) is 53.4. The van der Waals surface area contributed by atoms with Gasteiger partial charge in [-0.25, -0.2) is 0 Å². The lowest BCUT2D eigenvalue weighted by molar-refractivity contribution is -0.225. The van der Waals surface area contributed by atoms with Crippen molar-refractivity contribution < 1.29 is 15.0 Å². The molecule has 5 rings (SSSR count). The van der Waals surface area contributed by atoms with Crippen molar-refractivity contribution in [1.29, 1.82) is 0 Å². The Morgan fingerprint density at radius 3 is 2.26 bits per heavy atom. The summed E-state index contributed by atoms with van der Waals surface area (Å²) in [4.78, 5) is 14.4. The van der Waals surface area contributed by atoms with Crippen LogP contribution in [0, 0.1) is 75.4 Å². The molecule has 4 fully saturated rings. The third-order valence-corrected chi connectivity index (χ3v) is 14.1. The van der Waals surface area contributed by atoms with Crippen molar-refractivity contribution in [2.75, 3.05) is 6.61 Å². The number of hydrogen-bond acceptors (Lipinski definition) is 3. The van der Waals surface area contributed by atoms with E-state index in [1.807, 2.05) is 0 Å². The predicted octanol–water partition coefficient (Wildman–Crippen LogP) is 7.69. The first-order chi connectivity index (χ1) is 17.7. The van der Waals surface area contributed by atoms with Crippen LogP contribution in [0.3, 0.4) is 0 Å². The van der Waals surface area contributed by atoms with Crippen LogP contribution in [0.25, 0.3) is 0 Å². The fourth-order valence-corrected chi connectivity index (χ4v) is 12.2. The molecule has 0 radical (unpaired) electrons. The summed E-state index contributed by atoms with van der Waals surface area (Å²) in [5, 5.41) is 22.5. The molecule has 2 N–H and O–H groups in total. The van der Waals surface area contributed by atoms with E-state index < -0.39 is 5.41 Å². The van der Waals surface area contributed by atoms with E-state index in [9.17, 15) is 15.0 Å². The molecule has 0 aromatic heterocycles. The fourth-order valence-electron chi connectivity index (χ4n) is 12.2. The molecule has 0 heterocycles. The van der Waals surface area contributed by atoms with Crippen LogP contribution in [0.2, 0.25) is 0 Å². The lowest BCUT2D eigenvalue weighted by Gasteiger charge is -2.69. The van der Waals surface area contributed by atoms with Gasteiger partial charge in [-0.2, -0.15) is 0 Å². The summed E-state index contributed by atoms with van der Waals surface area (Å²) in [6.45, 7) is 21.1. The fraction of sp³-hybridized carbons (Fsp3) is 0.914. The molecule has 0 aromatic carbocycles. The Labute approximate surface area is 233 Å². The quantitative estimate of drug-likeness (QED) is 0.396. The van der Waals surface area contributed by atoms with E-state index in [0.717, 1.165) is 18.4 Å². The highest BCUT2D eigenvalue weighted by molar-refractivity contribution is 6.02. The van der Waals surface area contributed by atoms with Crippen LogP contribution in [0.1, 0.15) is 114 Å². The molecule has 38 heavy (non-hydrogen) atoms. The van der Waals surface area contributed by atoms with Gasteiger partial charge in [-0.05, 0) is 121 Å². The average molecular weight is 527 g/mol. The molecule has 0 aliphatic heterocycles. The average Bonchev–Trinajstić information content (AvgIpc) is 2.81. The lowest BCUT2D eigenvalue weighted by Crippen LogP contribution is -2.67. The maximum Gasteiger partial charge on any atom is 0.165 e. The minimum atomic E-state index is -0.421. The molecule has 13 atom stereocenters. The largest absolute Gasteiger partial charge is 0.396 e. The van der Waals surface area contributed by atoms with Gasteiger partial charge in [0.1, 0.15) is 0 Å². The van der Waals surface area contributed by atoms with E-state index in [2.05, 4.69) is 62.3 Å². The minimum Gasteiger partial charge on any atom is -0.396 e. The standard InChI is InChI=1S/C35H58O3/c1-19(2)28-22(5)15-34(8)18-33(7)16-27-26(24-12-10-20(3)25(14-24)17-36)13-11-21(4)29(27)31(37)30(33)23(6)35(34,9)32(28)38/h19-21,23-27,29-31,36-37H,10-18H2,1-9H3. The van der Waals surface area contributed by atoms with Gasteiger partial charge in [0.25, 0.3) is 0 Å². The van der Waals surface area contributed by atoms with Crippen LogP contribution in [0.5, 0.6) is 0 Å². The van der Waals surface area contributed by atoms with E-state index in [0.29, 0.717) is 53.8 Å². The molecular formula is C35H58O3. The zero-order valence-electron chi connectivity index (χ0n) is 26.0. The van der Waals surface area contributed by atoms with Crippen molar-refractivity contribution in [3.63, 3.8) is 0 Å². The molecule has 0 bridgehead atoms. The van der Waals surface area contributed by atoms with E-state index in [1.165, 1.54) is 44.1 Å². The predicted molar refractivity (Wildman–Crippen MR) is 155 cm³/mol. The molecule has 0 saturated heterocycles. The monoisotopic (exact) mass is 526 g/mol. The topological polar surface area (TPSA) is 57.5 Å². The number of carbonyl (C=O) groups excluding carboxylic acids is 1. The van der Waals surface area contributed by atoms with E-state index in [-0.39, 0.29) is 34.7 Å². The molecule has 0 spiro atoms. The van der Waals surface area contributed by atoms with Gasteiger partial charge in [0.2, 0.25) is 0 Å². The molecule has 216 valence electrons. The maximum atomic E-state index is 14.4. The number of ketones is 1. The summed E-state index contributed by atoms with van der Waals surface area (Å²) in [5.74, 6) is 4.84. The first-order valence-electron chi connectivity index (χ1n) is 16.2. The molecular weight excluding hydrogens is 468 g/mol. The van der Waals surface area contributed by atoms with Crippen molar-refractivity contribution in [2.45, 2.75) is 120 Å². The number of aliphatic hydroxyl groups is 2. The number of rotatable bonds is 3. The van der Waals surface area contributed by atoms with Crippen molar-refractivity contribution in [3.8, 4) is 0 Å². The van der Waals surface area contributed by atoms with Crippen LogP contribution in [0.15, 0.2) is 11.1 Å². The van der Waals surface area contributed by atoms with Gasteiger partial charge in [-0.15, -0.1) is 0 Å². The Balaban J connectivity index is 1.52. The number of Topliss-reactive ketones (excluding diaryl/α,β-unsaturated/α-hetero) is 1. The Bertz CT molecular complexity index is 966. The Hall–Kier alpha value is -0.670. The number of aliphatic hydroxyl groups excluding tert-OH is 2. The smallest absolute Gasteiger partial charge is 0.165 e. The summed E-state index contributed by atoms with van der Waals surface area (Å²) in [6.07, 6.45) is 9.12. The molecule has 0 aromatic rings. The van der Waals surface area contributed by atoms with Gasteiger partial charge >= 0.3 is 0 Å². The summed E-state index contributed by atoms with van der Waals surface area (Å²) in [7, 11) is 0. The highest BCUT2D eigenvalue weighted by Crippen LogP contribution is 2.72. The van der Waals surface area contributed by atoms with Gasteiger partial charge in [0.05, 0.1) is 6.10 Å². The summed E-state index contributed by atoms with van der Waals surface area (Å²) < 4.78 is 0. The van der Waals surface area contributed by atoms with Crippen LogP contribution in [-0.2, 0) is 4.79 Å². The first kappa shape index (κ1) is 28.8. The van der Waals surface area contributed by atoms with Crippen molar-refractivity contribution in [1.82, 2.24) is 0 Å². The first-order valence-corrected chi connectivity index (χ1v) is 16.2. The van der Waals surface area contributed by atoms with Crippen molar-refractivity contribution >= 4 is 5.78 Å². The number of hydrogen-bond donors (Lipinski definition) is 2. The molecule has 3 nitrogen and oxygen atoms in total. The summed E-state index contributed by atoms with van der Waals surface area (Å²) in [5.41, 5.74) is 1.94. The SMILES string of the molecule is CC1=C(C(C)C)C(=O)C2(C)C(C)C3C(O)C4C(C)CCC(C5CCC(C)C(CO)C5)C4CC3(C)CC2(C)C1. The van der Waals surface area contributed by atoms with E-state index >= 15 is 0 Å². The molecule has 4 saturated carbocycles. The second-order valence-corrected chi connectivity index (χ2v) is 16.4. The van der Waals surface area contributed by atoms with Crippen molar-refractivity contribution in [3.05, 3.63) is 11.1 Å². The van der Waals surface area contributed by atoms with Crippen LogP contribution in [-0.4, -0.2) is 28.7 Å². The van der Waals surface area contributed by atoms with E-state index in [1.54, 1.807) is 0 Å². The molecule has 5 aliphatic rings. The molecule has 13 unspecified atom stereocenters. The van der Waals surface area contributed by atoms with Crippen LogP contribution >= 0.6 is 0 Å².